The minimum absolute atomic E-state index is 0.0404. The van der Waals surface area contributed by atoms with E-state index in [0.29, 0.717) is 5.82 Å². The van der Waals surface area contributed by atoms with Gasteiger partial charge in [0.2, 0.25) is 5.91 Å². The largest absolute Gasteiger partial charge is 0.309 e. The van der Waals surface area contributed by atoms with Gasteiger partial charge in [0, 0.05) is 11.8 Å². The van der Waals surface area contributed by atoms with Crippen LogP contribution in [0, 0.1) is 6.92 Å². The summed E-state index contributed by atoms with van der Waals surface area (Å²) < 4.78 is 0. The van der Waals surface area contributed by atoms with E-state index >= 15 is 0 Å². The molecule has 0 spiro atoms. The van der Waals surface area contributed by atoms with Crippen LogP contribution in [0.15, 0.2) is 30.3 Å². The molecule has 98 valence electrons. The van der Waals surface area contributed by atoms with Gasteiger partial charge in [0.05, 0.1) is 5.92 Å². The number of nitrogens with zero attached hydrogens (tertiary/aromatic N) is 1. The minimum atomic E-state index is -0.0537. The number of aryl methyl sites for hydroxylation is 2. The van der Waals surface area contributed by atoms with Crippen molar-refractivity contribution in [2.75, 3.05) is 5.32 Å². The number of hydrogen-bond acceptors (Lipinski definition) is 2. The lowest BCUT2D eigenvalue weighted by Crippen LogP contribution is -2.24. The summed E-state index contributed by atoms with van der Waals surface area (Å²) in [6.45, 7) is 1.92. The van der Waals surface area contributed by atoms with Gasteiger partial charge in [0.25, 0.3) is 0 Å². The molecule has 2 aromatic rings. The predicted molar refractivity (Wildman–Crippen MR) is 74.1 cm³/mol. The Kier molecular flexibility index (Phi) is 3.07. The Bertz CT molecular complexity index is 603. The van der Waals surface area contributed by atoms with E-state index in [2.05, 4.69) is 27.6 Å². The molecule has 0 fully saturated rings. The maximum absolute atomic E-state index is 12.4. The molecule has 2 N–H and O–H groups in total. The molecule has 0 aliphatic heterocycles. The zero-order chi connectivity index (χ0) is 13.2. The Hall–Kier alpha value is -2.10. The van der Waals surface area contributed by atoms with Gasteiger partial charge in [-0.3, -0.25) is 9.89 Å². The van der Waals surface area contributed by atoms with Gasteiger partial charge in [-0.15, -0.1) is 0 Å². The molecule has 1 heterocycles. The fourth-order valence-corrected chi connectivity index (χ4v) is 2.72. The third kappa shape index (κ3) is 2.38. The summed E-state index contributed by atoms with van der Waals surface area (Å²) in [5, 5.41) is 9.77. The fraction of sp³-hybridized carbons (Fsp3) is 0.333. The van der Waals surface area contributed by atoms with E-state index in [1.165, 1.54) is 11.1 Å². The van der Waals surface area contributed by atoms with Crippen molar-refractivity contribution in [2.24, 2.45) is 0 Å². The minimum Gasteiger partial charge on any atom is -0.309 e. The standard InChI is InChI=1S/C15H17N3O/c1-10-9-14(18-17-10)16-15(19)13-8-4-6-11-5-2-3-7-12(11)13/h2-3,5,7,9,13H,4,6,8H2,1H3,(H2,16,17,18,19). The number of rotatable bonds is 2. The van der Waals surface area contributed by atoms with Crippen LogP contribution in [-0.4, -0.2) is 16.1 Å². The van der Waals surface area contributed by atoms with Crippen molar-refractivity contribution < 1.29 is 4.79 Å². The smallest absolute Gasteiger partial charge is 0.233 e. The van der Waals surface area contributed by atoms with Crippen molar-refractivity contribution in [1.29, 1.82) is 0 Å². The van der Waals surface area contributed by atoms with Crippen LogP contribution >= 0.6 is 0 Å². The summed E-state index contributed by atoms with van der Waals surface area (Å²) in [5.74, 6) is 0.589. The number of nitrogens with one attached hydrogen (secondary N) is 2. The fourth-order valence-electron chi connectivity index (χ4n) is 2.72. The molecule has 1 aliphatic carbocycles. The first-order valence-corrected chi connectivity index (χ1v) is 6.65. The van der Waals surface area contributed by atoms with Crippen LogP contribution in [0.2, 0.25) is 0 Å². The molecule has 0 saturated carbocycles. The Labute approximate surface area is 112 Å². The number of anilines is 1. The topological polar surface area (TPSA) is 57.8 Å². The van der Waals surface area contributed by atoms with E-state index in [1.54, 1.807) is 0 Å². The third-order valence-corrected chi connectivity index (χ3v) is 3.64. The van der Waals surface area contributed by atoms with Crippen molar-refractivity contribution in [2.45, 2.75) is 32.1 Å². The summed E-state index contributed by atoms with van der Waals surface area (Å²) in [5.41, 5.74) is 3.41. The third-order valence-electron chi connectivity index (χ3n) is 3.64. The molecule has 4 heteroatoms. The van der Waals surface area contributed by atoms with Gasteiger partial charge in [-0.05, 0) is 37.3 Å². The van der Waals surface area contributed by atoms with Gasteiger partial charge in [-0.2, -0.15) is 5.10 Å². The lowest BCUT2D eigenvalue weighted by Gasteiger charge is -2.24. The second-order valence-corrected chi connectivity index (χ2v) is 5.07. The number of H-pyrrole nitrogens is 1. The maximum atomic E-state index is 12.4. The highest BCUT2D eigenvalue weighted by Gasteiger charge is 2.26. The number of aromatic nitrogens is 2. The van der Waals surface area contributed by atoms with Crippen molar-refractivity contribution >= 4 is 11.7 Å². The average molecular weight is 255 g/mol. The first kappa shape index (κ1) is 12.0. The Morgan fingerprint density at radius 1 is 1.42 bits per heavy atom. The van der Waals surface area contributed by atoms with Crippen molar-refractivity contribution in [1.82, 2.24) is 10.2 Å². The molecule has 4 nitrogen and oxygen atoms in total. The summed E-state index contributed by atoms with van der Waals surface area (Å²) in [6.07, 6.45) is 3.04. The Balaban J connectivity index is 1.81. The van der Waals surface area contributed by atoms with E-state index in [4.69, 9.17) is 0 Å². The van der Waals surface area contributed by atoms with Gasteiger partial charge in [-0.25, -0.2) is 0 Å². The number of hydrogen-bond donors (Lipinski definition) is 2. The highest BCUT2D eigenvalue weighted by Crippen LogP contribution is 2.32. The molecule has 1 aliphatic rings. The average Bonchev–Trinajstić information content (AvgIpc) is 2.83. The number of benzene rings is 1. The Morgan fingerprint density at radius 2 is 2.26 bits per heavy atom. The van der Waals surface area contributed by atoms with Crippen LogP contribution in [0.1, 0.15) is 35.6 Å². The molecule has 3 rings (SSSR count). The molecule has 0 bridgehead atoms. The van der Waals surface area contributed by atoms with Crippen LogP contribution in [0.25, 0.3) is 0 Å². The van der Waals surface area contributed by atoms with Crippen LogP contribution in [-0.2, 0) is 11.2 Å². The second-order valence-electron chi connectivity index (χ2n) is 5.07. The number of fused-ring (bicyclic) bond motifs is 1. The van der Waals surface area contributed by atoms with Gasteiger partial charge >= 0.3 is 0 Å². The molecular formula is C15H17N3O. The number of carbonyl (C=O) groups is 1. The van der Waals surface area contributed by atoms with E-state index in [1.807, 2.05) is 25.1 Å². The predicted octanol–water partition coefficient (Wildman–Crippen LogP) is 2.78. The summed E-state index contributed by atoms with van der Waals surface area (Å²) in [4.78, 5) is 12.4. The van der Waals surface area contributed by atoms with Crippen LogP contribution < -0.4 is 5.32 Å². The van der Waals surface area contributed by atoms with E-state index in [-0.39, 0.29) is 11.8 Å². The molecule has 1 aromatic carbocycles. The lowest BCUT2D eigenvalue weighted by atomic mass is 9.82. The monoisotopic (exact) mass is 255 g/mol. The van der Waals surface area contributed by atoms with E-state index < -0.39 is 0 Å². The van der Waals surface area contributed by atoms with Crippen molar-refractivity contribution in [3.63, 3.8) is 0 Å². The number of amides is 1. The van der Waals surface area contributed by atoms with E-state index in [9.17, 15) is 4.79 Å². The molecule has 1 amide bonds. The quantitative estimate of drug-likeness (QED) is 0.867. The summed E-state index contributed by atoms with van der Waals surface area (Å²) in [7, 11) is 0. The SMILES string of the molecule is Cc1cc(NC(=O)C2CCCc3ccccc32)n[nH]1. The Morgan fingerprint density at radius 3 is 3.05 bits per heavy atom. The summed E-state index contributed by atoms with van der Waals surface area (Å²) in [6, 6.07) is 10.1. The molecule has 0 radical (unpaired) electrons. The first-order chi connectivity index (χ1) is 9.24. The van der Waals surface area contributed by atoms with Gasteiger partial charge in [0.15, 0.2) is 5.82 Å². The van der Waals surface area contributed by atoms with Crippen molar-refractivity contribution in [3.05, 3.63) is 47.2 Å². The normalized spacial score (nSPS) is 17.8. The van der Waals surface area contributed by atoms with Gasteiger partial charge in [-0.1, -0.05) is 24.3 Å². The second kappa shape index (κ2) is 4.88. The molecule has 1 atom stereocenters. The van der Waals surface area contributed by atoms with Gasteiger partial charge in [0.1, 0.15) is 0 Å². The number of carbonyl (C=O) groups excluding carboxylic acids is 1. The molecule has 1 aromatic heterocycles. The van der Waals surface area contributed by atoms with Crippen LogP contribution in [0.4, 0.5) is 5.82 Å². The molecule has 0 saturated heterocycles. The molecule has 19 heavy (non-hydrogen) atoms. The first-order valence-electron chi connectivity index (χ1n) is 6.65. The van der Waals surface area contributed by atoms with Crippen molar-refractivity contribution in [3.8, 4) is 0 Å². The highest BCUT2D eigenvalue weighted by atomic mass is 16.2. The zero-order valence-electron chi connectivity index (χ0n) is 10.9. The summed E-state index contributed by atoms with van der Waals surface area (Å²) >= 11 is 0. The highest BCUT2D eigenvalue weighted by molar-refractivity contribution is 5.95. The van der Waals surface area contributed by atoms with Crippen LogP contribution in [0.3, 0.4) is 0 Å². The van der Waals surface area contributed by atoms with E-state index in [0.717, 1.165) is 25.0 Å². The maximum Gasteiger partial charge on any atom is 0.233 e. The zero-order valence-corrected chi connectivity index (χ0v) is 10.9. The molecule has 1 unspecified atom stereocenters. The number of aromatic amines is 1. The lowest BCUT2D eigenvalue weighted by molar-refractivity contribution is -0.117. The molecular weight excluding hydrogens is 238 g/mol. The van der Waals surface area contributed by atoms with Gasteiger partial charge < -0.3 is 5.32 Å². The van der Waals surface area contributed by atoms with Crippen LogP contribution in [0.5, 0.6) is 0 Å².